The molecule has 4 rings (SSSR count). The fourth-order valence-electron chi connectivity index (χ4n) is 4.93. The molecular weight excluding hydrogens is 302 g/mol. The van der Waals surface area contributed by atoms with Gasteiger partial charge >= 0.3 is 5.97 Å². The van der Waals surface area contributed by atoms with Crippen LogP contribution >= 0.6 is 0 Å². The van der Waals surface area contributed by atoms with E-state index in [9.17, 15) is 9.59 Å². The Morgan fingerprint density at radius 3 is 2.58 bits per heavy atom. The summed E-state index contributed by atoms with van der Waals surface area (Å²) in [7, 11) is 0. The second-order valence-electron chi connectivity index (χ2n) is 8.50. The Bertz CT molecular complexity index is 661. The molecule has 2 aliphatic carbocycles. The van der Waals surface area contributed by atoms with Crippen molar-refractivity contribution in [1.82, 2.24) is 4.90 Å². The molecule has 1 heterocycles. The standard InChI is InChI=1S/C20H25NO3/c1-20(2,3)21(11-12-7-5-4-6-8-12)18(22)16-13-9-14-15(10-13)24-19(23)17(14)16/h4-8,13-17H,9-11H2,1-3H3/t13-,14+,15-,16+,17-/m1/s1. The van der Waals surface area contributed by atoms with Crippen LogP contribution in [0.2, 0.25) is 0 Å². The van der Waals surface area contributed by atoms with E-state index in [1.165, 1.54) is 0 Å². The zero-order chi connectivity index (χ0) is 17.1. The average Bonchev–Trinajstić information content (AvgIpc) is 3.13. The third-order valence-electron chi connectivity index (χ3n) is 6.03. The van der Waals surface area contributed by atoms with Gasteiger partial charge in [0.15, 0.2) is 0 Å². The number of hydrogen-bond acceptors (Lipinski definition) is 3. The van der Waals surface area contributed by atoms with Crippen molar-refractivity contribution < 1.29 is 14.3 Å². The van der Waals surface area contributed by atoms with E-state index in [0.717, 1.165) is 18.4 Å². The van der Waals surface area contributed by atoms with Gasteiger partial charge in [-0.2, -0.15) is 0 Å². The predicted octanol–water partition coefficient (Wildman–Crippen LogP) is 3.01. The van der Waals surface area contributed by atoms with Gasteiger partial charge in [-0.25, -0.2) is 0 Å². The van der Waals surface area contributed by atoms with Crippen LogP contribution in [0.1, 0.15) is 39.2 Å². The lowest BCUT2D eigenvalue weighted by molar-refractivity contribution is -0.150. The van der Waals surface area contributed by atoms with E-state index in [2.05, 4.69) is 20.8 Å². The number of ether oxygens (including phenoxy) is 1. The normalized spacial score (nSPS) is 33.6. The largest absolute Gasteiger partial charge is 0.462 e. The van der Waals surface area contributed by atoms with E-state index in [4.69, 9.17) is 4.74 Å². The molecule has 24 heavy (non-hydrogen) atoms. The van der Waals surface area contributed by atoms with Gasteiger partial charge < -0.3 is 9.64 Å². The molecule has 2 saturated carbocycles. The highest BCUT2D eigenvalue weighted by atomic mass is 16.6. The van der Waals surface area contributed by atoms with Crippen LogP contribution in [0.15, 0.2) is 30.3 Å². The van der Waals surface area contributed by atoms with Crippen LogP contribution in [0.5, 0.6) is 0 Å². The van der Waals surface area contributed by atoms with Crippen LogP contribution in [0.3, 0.4) is 0 Å². The summed E-state index contributed by atoms with van der Waals surface area (Å²) in [5.74, 6) is 0.170. The Labute approximate surface area is 143 Å². The van der Waals surface area contributed by atoms with Crippen LogP contribution in [0.25, 0.3) is 0 Å². The first-order chi connectivity index (χ1) is 11.4. The van der Waals surface area contributed by atoms with Gasteiger partial charge in [-0.15, -0.1) is 0 Å². The first-order valence-electron chi connectivity index (χ1n) is 8.92. The topological polar surface area (TPSA) is 46.6 Å². The number of esters is 1. The minimum absolute atomic E-state index is 0.0776. The van der Waals surface area contributed by atoms with Crippen LogP contribution < -0.4 is 0 Å². The zero-order valence-electron chi connectivity index (χ0n) is 14.6. The van der Waals surface area contributed by atoms with Crippen LogP contribution in [0.4, 0.5) is 0 Å². The molecule has 0 aromatic heterocycles. The summed E-state index contributed by atoms with van der Waals surface area (Å²) in [5, 5.41) is 0. The molecule has 1 aliphatic heterocycles. The van der Waals surface area contributed by atoms with E-state index < -0.39 is 0 Å². The molecule has 1 saturated heterocycles. The van der Waals surface area contributed by atoms with Gasteiger partial charge in [0.05, 0.1) is 11.8 Å². The minimum Gasteiger partial charge on any atom is -0.462 e. The maximum absolute atomic E-state index is 13.4. The molecule has 0 spiro atoms. The van der Waals surface area contributed by atoms with Crippen LogP contribution in [0, 0.1) is 23.7 Å². The molecule has 1 amide bonds. The third-order valence-corrected chi connectivity index (χ3v) is 6.03. The van der Waals surface area contributed by atoms with Gasteiger partial charge in [-0.05, 0) is 45.1 Å². The van der Waals surface area contributed by atoms with Crippen molar-refractivity contribution in [1.29, 1.82) is 0 Å². The molecule has 0 N–H and O–H groups in total. The van der Waals surface area contributed by atoms with Crippen molar-refractivity contribution in [2.75, 3.05) is 0 Å². The summed E-state index contributed by atoms with van der Waals surface area (Å²) in [6, 6.07) is 10.1. The second-order valence-corrected chi connectivity index (χ2v) is 8.50. The Hall–Kier alpha value is -1.84. The van der Waals surface area contributed by atoms with Gasteiger partial charge in [0.1, 0.15) is 6.10 Å². The van der Waals surface area contributed by atoms with Crippen LogP contribution in [-0.4, -0.2) is 28.4 Å². The fourth-order valence-corrected chi connectivity index (χ4v) is 4.93. The molecule has 3 aliphatic rings. The van der Waals surface area contributed by atoms with Crippen molar-refractivity contribution in [3.63, 3.8) is 0 Å². The maximum Gasteiger partial charge on any atom is 0.310 e. The summed E-state index contributed by atoms with van der Waals surface area (Å²) in [6.07, 6.45) is 1.92. The monoisotopic (exact) mass is 327 g/mol. The summed E-state index contributed by atoms with van der Waals surface area (Å²) in [6.45, 7) is 6.78. The smallest absolute Gasteiger partial charge is 0.310 e. The van der Waals surface area contributed by atoms with Gasteiger partial charge in [0.2, 0.25) is 5.91 Å². The first-order valence-corrected chi connectivity index (χ1v) is 8.92. The summed E-state index contributed by atoms with van der Waals surface area (Å²) < 4.78 is 5.49. The minimum atomic E-state index is -0.281. The number of rotatable bonds is 3. The number of carbonyl (C=O) groups excluding carboxylic acids is 2. The first kappa shape index (κ1) is 15.7. The summed E-state index contributed by atoms with van der Waals surface area (Å²) >= 11 is 0. The number of amides is 1. The number of nitrogens with zero attached hydrogens (tertiary/aromatic N) is 1. The van der Waals surface area contributed by atoms with E-state index in [0.29, 0.717) is 12.5 Å². The number of benzene rings is 1. The van der Waals surface area contributed by atoms with Crippen LogP contribution in [-0.2, 0) is 20.9 Å². The number of hydrogen-bond donors (Lipinski definition) is 0. The van der Waals surface area contributed by atoms with Gasteiger partial charge in [-0.1, -0.05) is 30.3 Å². The lowest BCUT2D eigenvalue weighted by Gasteiger charge is -2.39. The summed E-state index contributed by atoms with van der Waals surface area (Å²) in [4.78, 5) is 27.6. The number of carbonyl (C=O) groups is 2. The Morgan fingerprint density at radius 1 is 1.21 bits per heavy atom. The van der Waals surface area contributed by atoms with Gasteiger partial charge in [-0.3, -0.25) is 9.59 Å². The molecule has 2 bridgehead atoms. The molecule has 3 fully saturated rings. The fraction of sp³-hybridized carbons (Fsp3) is 0.600. The van der Waals surface area contributed by atoms with Crippen molar-refractivity contribution in [2.24, 2.45) is 23.7 Å². The lowest BCUT2D eigenvalue weighted by atomic mass is 9.78. The third kappa shape index (κ3) is 2.35. The predicted molar refractivity (Wildman–Crippen MR) is 89.8 cm³/mol. The molecule has 0 radical (unpaired) electrons. The highest BCUT2D eigenvalue weighted by molar-refractivity contribution is 5.88. The lowest BCUT2D eigenvalue weighted by Crippen LogP contribution is -2.50. The molecule has 4 nitrogen and oxygen atoms in total. The summed E-state index contributed by atoms with van der Waals surface area (Å²) in [5.41, 5.74) is 0.840. The highest BCUT2D eigenvalue weighted by Gasteiger charge is 2.64. The Morgan fingerprint density at radius 2 is 1.92 bits per heavy atom. The van der Waals surface area contributed by atoms with Crippen molar-refractivity contribution in [3.8, 4) is 0 Å². The van der Waals surface area contributed by atoms with Crippen molar-refractivity contribution in [3.05, 3.63) is 35.9 Å². The van der Waals surface area contributed by atoms with Crippen molar-refractivity contribution >= 4 is 11.9 Å². The Balaban J connectivity index is 1.61. The average molecular weight is 327 g/mol. The molecule has 128 valence electrons. The zero-order valence-corrected chi connectivity index (χ0v) is 14.6. The molecular formula is C20H25NO3. The maximum atomic E-state index is 13.4. The molecule has 0 unspecified atom stereocenters. The SMILES string of the molecule is CC(C)(C)N(Cc1ccccc1)C(=O)[C@H]1[C@@H]2C[C@@H]3[C@H]1C(=O)O[C@@H]3C2. The van der Waals surface area contributed by atoms with E-state index in [1.54, 1.807) is 0 Å². The highest BCUT2D eigenvalue weighted by Crippen LogP contribution is 2.58. The molecule has 5 atom stereocenters. The second kappa shape index (κ2) is 5.33. The number of fused-ring (bicyclic) bond motifs is 1. The van der Waals surface area contributed by atoms with E-state index in [1.807, 2.05) is 35.2 Å². The van der Waals surface area contributed by atoms with E-state index >= 15 is 0 Å². The van der Waals surface area contributed by atoms with Gasteiger partial charge in [0.25, 0.3) is 0 Å². The van der Waals surface area contributed by atoms with Crippen molar-refractivity contribution in [2.45, 2.75) is 51.8 Å². The molecule has 1 aromatic rings. The molecule has 4 heteroatoms. The van der Waals surface area contributed by atoms with Gasteiger partial charge in [0, 0.05) is 18.0 Å². The van der Waals surface area contributed by atoms with E-state index in [-0.39, 0.29) is 41.3 Å². The quantitative estimate of drug-likeness (QED) is 0.802. The molecule has 1 aromatic carbocycles. The Kier molecular flexibility index (Phi) is 3.48.